The van der Waals surface area contributed by atoms with Crippen LogP contribution in [-0.2, 0) is 21.6 Å². The molecule has 0 fully saturated rings. The average Bonchev–Trinajstić information content (AvgIpc) is 2.63. The molecular formula is C22H30O4S2. The van der Waals surface area contributed by atoms with Gasteiger partial charge in [-0.3, -0.25) is 8.42 Å². The summed E-state index contributed by atoms with van der Waals surface area (Å²) in [6.45, 7) is 11.6. The molecule has 2 aromatic rings. The minimum Gasteiger partial charge on any atom is -0.496 e. The predicted molar refractivity (Wildman–Crippen MR) is 117 cm³/mol. The largest absolute Gasteiger partial charge is 0.496 e. The lowest BCUT2D eigenvalue weighted by atomic mass is 10.0. The number of benzene rings is 2. The van der Waals surface area contributed by atoms with Crippen molar-refractivity contribution in [2.45, 2.75) is 60.8 Å². The molecule has 0 saturated heterocycles. The maximum atomic E-state index is 13.3. The van der Waals surface area contributed by atoms with Crippen molar-refractivity contribution in [3.8, 4) is 22.6 Å². The maximum absolute atomic E-state index is 13.3. The molecule has 28 heavy (non-hydrogen) atoms. The van der Waals surface area contributed by atoms with E-state index in [1.165, 1.54) is 0 Å². The predicted octanol–water partition coefficient (Wildman–Crippen LogP) is 5.18. The third-order valence-electron chi connectivity index (χ3n) is 4.18. The van der Waals surface area contributed by atoms with Crippen LogP contribution in [0.15, 0.2) is 46.2 Å². The van der Waals surface area contributed by atoms with Gasteiger partial charge in [-0.1, -0.05) is 12.1 Å². The van der Waals surface area contributed by atoms with Gasteiger partial charge in [0, 0.05) is 20.6 Å². The van der Waals surface area contributed by atoms with Gasteiger partial charge in [-0.15, -0.1) is 0 Å². The molecule has 0 aliphatic carbocycles. The van der Waals surface area contributed by atoms with Gasteiger partial charge in [0.05, 0.1) is 45.6 Å². The zero-order valence-electron chi connectivity index (χ0n) is 17.9. The summed E-state index contributed by atoms with van der Waals surface area (Å²) in [6.07, 6.45) is 0. The van der Waals surface area contributed by atoms with E-state index in [4.69, 9.17) is 9.47 Å². The summed E-state index contributed by atoms with van der Waals surface area (Å²) in [7, 11) is 0.539. The Morgan fingerprint density at radius 1 is 0.643 bits per heavy atom. The first-order valence-electron chi connectivity index (χ1n) is 9.11. The van der Waals surface area contributed by atoms with Crippen molar-refractivity contribution >= 4 is 21.6 Å². The van der Waals surface area contributed by atoms with Crippen molar-refractivity contribution in [3.63, 3.8) is 0 Å². The highest BCUT2D eigenvalue weighted by atomic mass is 32.2. The van der Waals surface area contributed by atoms with Crippen LogP contribution in [0.25, 0.3) is 11.1 Å². The second kappa shape index (κ2) is 8.37. The second-order valence-corrected chi connectivity index (χ2v) is 12.8. The van der Waals surface area contributed by atoms with Crippen LogP contribution in [-0.4, -0.2) is 32.1 Å². The van der Waals surface area contributed by atoms with Crippen LogP contribution in [0.1, 0.15) is 41.5 Å². The zero-order valence-corrected chi connectivity index (χ0v) is 19.5. The fraction of sp³-hybridized carbons (Fsp3) is 0.455. The van der Waals surface area contributed by atoms with Crippen LogP contribution in [0.5, 0.6) is 11.5 Å². The first-order chi connectivity index (χ1) is 12.9. The minimum atomic E-state index is -1.31. The molecule has 0 aliphatic heterocycles. The second-order valence-electron chi connectivity index (χ2n) is 8.43. The Balaban J connectivity index is 2.96. The van der Waals surface area contributed by atoms with E-state index < -0.39 is 31.1 Å². The molecule has 0 spiro atoms. The average molecular weight is 423 g/mol. The molecule has 2 rings (SSSR count). The molecule has 2 atom stereocenters. The number of ether oxygens (including phenoxy) is 2. The molecule has 0 bridgehead atoms. The summed E-state index contributed by atoms with van der Waals surface area (Å²) < 4.78 is 37.0. The minimum absolute atomic E-state index is 0.466. The molecule has 0 aliphatic rings. The molecule has 2 unspecified atom stereocenters. The van der Waals surface area contributed by atoms with E-state index in [1.54, 1.807) is 14.2 Å². The van der Waals surface area contributed by atoms with Crippen molar-refractivity contribution in [1.29, 1.82) is 0 Å². The lowest BCUT2D eigenvalue weighted by molar-refractivity contribution is 0.408. The third-order valence-corrected chi connectivity index (χ3v) is 7.88. The molecule has 2 aromatic carbocycles. The van der Waals surface area contributed by atoms with Gasteiger partial charge < -0.3 is 9.47 Å². The van der Waals surface area contributed by atoms with E-state index >= 15 is 0 Å². The molecule has 0 aromatic heterocycles. The first-order valence-corrected chi connectivity index (χ1v) is 11.4. The monoisotopic (exact) mass is 422 g/mol. The first kappa shape index (κ1) is 22.6. The van der Waals surface area contributed by atoms with Gasteiger partial charge >= 0.3 is 0 Å². The van der Waals surface area contributed by atoms with Crippen LogP contribution < -0.4 is 9.47 Å². The van der Waals surface area contributed by atoms with Crippen LogP contribution in [0.4, 0.5) is 0 Å². The molecule has 0 amide bonds. The van der Waals surface area contributed by atoms with Crippen LogP contribution in [0.2, 0.25) is 0 Å². The van der Waals surface area contributed by atoms with E-state index in [0.717, 1.165) is 0 Å². The van der Waals surface area contributed by atoms with Gasteiger partial charge in [-0.2, -0.15) is 0 Å². The summed E-state index contributed by atoms with van der Waals surface area (Å²) >= 11 is 0. The third kappa shape index (κ3) is 4.49. The normalized spacial score (nSPS) is 14.4. The number of hydrogen-bond donors (Lipinski definition) is 0. The Morgan fingerprint density at radius 2 is 0.964 bits per heavy atom. The van der Waals surface area contributed by atoms with Crippen LogP contribution in [0, 0.1) is 0 Å². The van der Waals surface area contributed by atoms with Gasteiger partial charge in [-0.05, 0) is 65.8 Å². The van der Waals surface area contributed by atoms with Gasteiger partial charge in [0.15, 0.2) is 0 Å². The summed E-state index contributed by atoms with van der Waals surface area (Å²) in [5.41, 5.74) is 1.34. The SMILES string of the molecule is COc1cccc(S(=O)C(C)(C)C)c1-c1c(OC)cccc1S(=O)C(C)(C)C. The van der Waals surface area contributed by atoms with E-state index in [0.29, 0.717) is 32.4 Å². The Kier molecular flexibility index (Phi) is 6.77. The zero-order chi connectivity index (χ0) is 21.3. The Labute approximate surface area is 173 Å². The highest BCUT2D eigenvalue weighted by molar-refractivity contribution is 7.87. The Hall–Kier alpha value is -1.66. The van der Waals surface area contributed by atoms with Gasteiger partial charge in [-0.25, -0.2) is 0 Å². The maximum Gasteiger partial charge on any atom is 0.128 e. The van der Waals surface area contributed by atoms with Gasteiger partial charge in [0.2, 0.25) is 0 Å². The standard InChI is InChI=1S/C22H30O4S2/c1-21(2,3)27(23)17-13-9-11-15(25-7)19(17)20-16(26-8)12-10-14-18(20)28(24)22(4,5)6/h9-14H,1-8H3. The highest BCUT2D eigenvalue weighted by Crippen LogP contribution is 2.45. The number of rotatable bonds is 5. The molecule has 0 N–H and O–H groups in total. The lowest BCUT2D eigenvalue weighted by Crippen LogP contribution is -2.24. The topological polar surface area (TPSA) is 52.6 Å². The molecule has 6 heteroatoms. The Morgan fingerprint density at radius 3 is 1.21 bits per heavy atom. The Bertz CT molecular complexity index is 830. The number of hydrogen-bond acceptors (Lipinski definition) is 4. The molecule has 4 nitrogen and oxygen atoms in total. The fourth-order valence-corrected chi connectivity index (χ4v) is 5.32. The smallest absolute Gasteiger partial charge is 0.128 e. The molecule has 0 radical (unpaired) electrons. The van der Waals surface area contributed by atoms with Crippen LogP contribution >= 0.6 is 0 Å². The van der Waals surface area contributed by atoms with Crippen molar-refractivity contribution in [2.24, 2.45) is 0 Å². The van der Waals surface area contributed by atoms with Crippen molar-refractivity contribution in [3.05, 3.63) is 36.4 Å². The molecule has 0 heterocycles. The van der Waals surface area contributed by atoms with E-state index in [9.17, 15) is 8.42 Å². The highest BCUT2D eigenvalue weighted by Gasteiger charge is 2.31. The van der Waals surface area contributed by atoms with Crippen molar-refractivity contribution < 1.29 is 17.9 Å². The number of methoxy groups -OCH3 is 2. The van der Waals surface area contributed by atoms with E-state index in [-0.39, 0.29) is 0 Å². The van der Waals surface area contributed by atoms with E-state index in [1.807, 2.05) is 77.9 Å². The summed E-state index contributed by atoms with van der Waals surface area (Å²) in [4.78, 5) is 1.28. The van der Waals surface area contributed by atoms with E-state index in [2.05, 4.69) is 0 Å². The fourth-order valence-electron chi connectivity index (χ4n) is 2.82. The lowest BCUT2D eigenvalue weighted by Gasteiger charge is -2.25. The summed E-state index contributed by atoms with van der Waals surface area (Å²) in [6, 6.07) is 11.0. The van der Waals surface area contributed by atoms with Gasteiger partial charge in [0.25, 0.3) is 0 Å². The van der Waals surface area contributed by atoms with Crippen LogP contribution in [0.3, 0.4) is 0 Å². The molecular weight excluding hydrogens is 392 g/mol. The van der Waals surface area contributed by atoms with Crippen molar-refractivity contribution in [2.75, 3.05) is 14.2 Å². The summed E-state index contributed by atoms with van der Waals surface area (Å²) in [5.74, 6) is 1.15. The molecule has 0 saturated carbocycles. The molecule has 154 valence electrons. The summed E-state index contributed by atoms with van der Waals surface area (Å²) in [5, 5.41) is 0. The quantitative estimate of drug-likeness (QED) is 0.666. The van der Waals surface area contributed by atoms with Crippen molar-refractivity contribution in [1.82, 2.24) is 0 Å². The van der Waals surface area contributed by atoms with Gasteiger partial charge in [0.1, 0.15) is 11.5 Å².